The van der Waals surface area contributed by atoms with Gasteiger partial charge in [-0.1, -0.05) is 29.8 Å². The van der Waals surface area contributed by atoms with Crippen molar-refractivity contribution in [1.29, 1.82) is 0 Å². The number of anilines is 1. The van der Waals surface area contributed by atoms with E-state index < -0.39 is 0 Å². The van der Waals surface area contributed by atoms with Crippen LogP contribution in [0, 0.1) is 0 Å². The summed E-state index contributed by atoms with van der Waals surface area (Å²) in [7, 11) is 0. The highest BCUT2D eigenvalue weighted by molar-refractivity contribution is 5.93. The van der Waals surface area contributed by atoms with E-state index in [1.807, 2.05) is 30.3 Å². The van der Waals surface area contributed by atoms with Crippen LogP contribution >= 0.6 is 0 Å². The maximum Gasteiger partial charge on any atom is 0.273 e. The van der Waals surface area contributed by atoms with Gasteiger partial charge in [0.2, 0.25) is 5.91 Å². The Morgan fingerprint density at radius 2 is 2.07 bits per heavy atom. The summed E-state index contributed by atoms with van der Waals surface area (Å²) in [5.74, 6) is -0.463. The molecule has 8 heteroatoms. The van der Waals surface area contributed by atoms with E-state index in [0.717, 1.165) is 25.2 Å². The molecule has 3 N–H and O–H groups in total. The van der Waals surface area contributed by atoms with Crippen molar-refractivity contribution in [3.8, 4) is 0 Å². The van der Waals surface area contributed by atoms with Crippen molar-refractivity contribution in [2.24, 2.45) is 0 Å². The van der Waals surface area contributed by atoms with Gasteiger partial charge in [0.1, 0.15) is 0 Å². The maximum atomic E-state index is 12.1. The molecule has 1 aromatic heterocycles. The molecular weight excluding hydrogens is 344 g/mol. The van der Waals surface area contributed by atoms with Crippen LogP contribution in [0.15, 0.2) is 36.5 Å². The van der Waals surface area contributed by atoms with Crippen LogP contribution in [0.3, 0.4) is 0 Å². The number of aromatic nitrogens is 3. The molecule has 1 saturated heterocycles. The van der Waals surface area contributed by atoms with Gasteiger partial charge in [0.15, 0.2) is 5.69 Å². The van der Waals surface area contributed by atoms with Gasteiger partial charge in [-0.25, -0.2) is 0 Å². The third-order valence-corrected chi connectivity index (χ3v) is 4.59. The summed E-state index contributed by atoms with van der Waals surface area (Å²) in [5.41, 5.74) is 1.01. The highest BCUT2D eigenvalue weighted by atomic mass is 16.2. The normalized spacial score (nSPS) is 16.7. The number of benzene rings is 1. The second kappa shape index (κ2) is 9.82. The first-order valence-corrected chi connectivity index (χ1v) is 9.47. The molecule has 0 bridgehead atoms. The average Bonchev–Trinajstić information content (AvgIpc) is 3.17. The van der Waals surface area contributed by atoms with Gasteiger partial charge in [-0.3, -0.25) is 14.3 Å². The van der Waals surface area contributed by atoms with E-state index >= 15 is 0 Å². The predicted molar refractivity (Wildman–Crippen MR) is 102 cm³/mol. The van der Waals surface area contributed by atoms with Crippen molar-refractivity contribution in [3.05, 3.63) is 42.2 Å². The molecular formula is C19H26N6O2. The molecule has 3 rings (SSSR count). The largest absolute Gasteiger partial charge is 0.350 e. The second-order valence-electron chi connectivity index (χ2n) is 6.72. The SMILES string of the molecule is O=C(CCNC(=O)c1cn(CC[C@H]2CCCCN2)nn1)Nc1ccccc1. The fraction of sp³-hybridized carbons (Fsp3) is 0.474. The average molecular weight is 370 g/mol. The first-order chi connectivity index (χ1) is 13.2. The van der Waals surface area contributed by atoms with Crippen LogP contribution in [-0.2, 0) is 11.3 Å². The molecule has 1 fully saturated rings. The molecule has 8 nitrogen and oxygen atoms in total. The molecule has 0 aliphatic carbocycles. The first kappa shape index (κ1) is 19.0. The second-order valence-corrected chi connectivity index (χ2v) is 6.72. The van der Waals surface area contributed by atoms with Gasteiger partial charge in [0.05, 0.1) is 6.20 Å². The summed E-state index contributed by atoms with van der Waals surface area (Å²) < 4.78 is 1.70. The Balaban J connectivity index is 1.36. The monoisotopic (exact) mass is 370 g/mol. The number of carbonyl (C=O) groups excluding carboxylic acids is 2. The zero-order valence-electron chi connectivity index (χ0n) is 15.4. The summed E-state index contributed by atoms with van der Waals surface area (Å²) in [6.45, 7) is 2.06. The molecule has 1 aliphatic rings. The molecule has 1 aliphatic heterocycles. The van der Waals surface area contributed by atoms with Crippen molar-refractivity contribution in [2.75, 3.05) is 18.4 Å². The van der Waals surface area contributed by atoms with E-state index in [2.05, 4.69) is 26.3 Å². The van der Waals surface area contributed by atoms with Gasteiger partial charge >= 0.3 is 0 Å². The van der Waals surface area contributed by atoms with Crippen LogP contribution in [-0.4, -0.2) is 45.9 Å². The zero-order chi connectivity index (χ0) is 18.9. The zero-order valence-corrected chi connectivity index (χ0v) is 15.4. The van der Waals surface area contributed by atoms with E-state index in [4.69, 9.17) is 0 Å². The van der Waals surface area contributed by atoms with Crippen LogP contribution in [0.5, 0.6) is 0 Å². The number of amides is 2. The molecule has 2 heterocycles. The molecule has 27 heavy (non-hydrogen) atoms. The number of nitrogens with one attached hydrogen (secondary N) is 3. The Kier molecular flexibility index (Phi) is 6.92. The smallest absolute Gasteiger partial charge is 0.273 e. The van der Waals surface area contributed by atoms with E-state index in [1.165, 1.54) is 19.3 Å². The minimum absolute atomic E-state index is 0.148. The summed E-state index contributed by atoms with van der Waals surface area (Å²) in [5, 5.41) is 16.9. The third kappa shape index (κ3) is 6.18. The molecule has 0 unspecified atom stereocenters. The van der Waals surface area contributed by atoms with Gasteiger partial charge < -0.3 is 16.0 Å². The summed E-state index contributed by atoms with van der Waals surface area (Å²) in [6, 6.07) is 9.74. The van der Waals surface area contributed by atoms with Crippen LogP contribution in [0.1, 0.15) is 42.6 Å². The number of nitrogens with zero attached hydrogens (tertiary/aromatic N) is 3. The van der Waals surface area contributed by atoms with E-state index in [1.54, 1.807) is 10.9 Å². The Hall–Kier alpha value is -2.74. The lowest BCUT2D eigenvalue weighted by atomic mass is 10.0. The molecule has 1 atom stereocenters. The van der Waals surface area contributed by atoms with Gasteiger partial charge in [-0.15, -0.1) is 5.10 Å². The fourth-order valence-electron chi connectivity index (χ4n) is 3.10. The topological polar surface area (TPSA) is 101 Å². The quantitative estimate of drug-likeness (QED) is 0.655. The van der Waals surface area contributed by atoms with Gasteiger partial charge in [0, 0.05) is 31.2 Å². The van der Waals surface area contributed by atoms with Gasteiger partial charge in [-0.05, 0) is 37.9 Å². The number of piperidine rings is 1. The molecule has 2 aromatic rings. The molecule has 1 aromatic carbocycles. The van der Waals surface area contributed by atoms with Crippen LogP contribution in [0.2, 0.25) is 0 Å². The minimum Gasteiger partial charge on any atom is -0.350 e. The minimum atomic E-state index is -0.315. The lowest BCUT2D eigenvalue weighted by Crippen LogP contribution is -2.34. The number of rotatable bonds is 8. The van der Waals surface area contributed by atoms with Crippen molar-refractivity contribution in [3.63, 3.8) is 0 Å². The fourth-order valence-corrected chi connectivity index (χ4v) is 3.10. The molecule has 0 spiro atoms. The standard InChI is InChI=1S/C19H26N6O2/c26-18(22-16-7-2-1-3-8-16)9-12-21-19(27)17-14-25(24-23-17)13-10-15-6-4-5-11-20-15/h1-3,7-8,14-15,20H,4-6,9-13H2,(H,21,27)(H,22,26)/t15-/m1/s1. The number of carbonyl (C=O) groups is 2. The molecule has 0 radical (unpaired) electrons. The highest BCUT2D eigenvalue weighted by Crippen LogP contribution is 2.11. The predicted octanol–water partition coefficient (Wildman–Crippen LogP) is 1.57. The molecule has 144 valence electrons. The van der Waals surface area contributed by atoms with Crippen molar-refractivity contribution < 1.29 is 9.59 Å². The lowest BCUT2D eigenvalue weighted by Gasteiger charge is -2.23. The summed E-state index contributed by atoms with van der Waals surface area (Å²) in [4.78, 5) is 24.0. The highest BCUT2D eigenvalue weighted by Gasteiger charge is 2.14. The van der Waals surface area contributed by atoms with Gasteiger partial charge in [-0.2, -0.15) is 0 Å². The number of hydrogen-bond donors (Lipinski definition) is 3. The molecule has 0 saturated carbocycles. The van der Waals surface area contributed by atoms with Crippen molar-refractivity contribution in [2.45, 2.75) is 44.7 Å². The third-order valence-electron chi connectivity index (χ3n) is 4.59. The van der Waals surface area contributed by atoms with Crippen LogP contribution < -0.4 is 16.0 Å². The summed E-state index contributed by atoms with van der Waals surface area (Å²) >= 11 is 0. The first-order valence-electron chi connectivity index (χ1n) is 9.47. The van der Waals surface area contributed by atoms with E-state index in [-0.39, 0.29) is 30.5 Å². The lowest BCUT2D eigenvalue weighted by molar-refractivity contribution is -0.116. The molecule has 2 amide bonds. The Labute approximate surface area is 158 Å². The van der Waals surface area contributed by atoms with Crippen LogP contribution in [0.25, 0.3) is 0 Å². The summed E-state index contributed by atoms with van der Waals surface area (Å²) in [6.07, 6.45) is 6.52. The van der Waals surface area contributed by atoms with E-state index in [9.17, 15) is 9.59 Å². The number of para-hydroxylation sites is 1. The van der Waals surface area contributed by atoms with E-state index in [0.29, 0.717) is 6.04 Å². The van der Waals surface area contributed by atoms with Crippen molar-refractivity contribution in [1.82, 2.24) is 25.6 Å². The number of aryl methyl sites for hydroxylation is 1. The van der Waals surface area contributed by atoms with Crippen LogP contribution in [0.4, 0.5) is 5.69 Å². The Morgan fingerprint density at radius 1 is 1.22 bits per heavy atom. The van der Waals surface area contributed by atoms with Crippen molar-refractivity contribution >= 4 is 17.5 Å². The Morgan fingerprint density at radius 3 is 2.85 bits per heavy atom. The maximum absolute atomic E-state index is 12.1. The number of hydrogen-bond acceptors (Lipinski definition) is 5. The Bertz CT molecular complexity index is 740. The van der Waals surface area contributed by atoms with Gasteiger partial charge in [0.25, 0.3) is 5.91 Å².